The van der Waals surface area contributed by atoms with Gasteiger partial charge in [-0.15, -0.1) is 11.8 Å². The van der Waals surface area contributed by atoms with Crippen molar-refractivity contribution in [2.45, 2.75) is 5.03 Å². The van der Waals surface area contributed by atoms with Crippen molar-refractivity contribution >= 4 is 23.3 Å². The van der Waals surface area contributed by atoms with E-state index in [9.17, 15) is 4.79 Å². The largest absolute Gasteiger partial charge is 0.364 e. The molecule has 1 amide bonds. The Labute approximate surface area is 84.3 Å². The van der Waals surface area contributed by atoms with Gasteiger partial charge in [-0.05, 0) is 6.26 Å². The summed E-state index contributed by atoms with van der Waals surface area (Å²) in [6.45, 7) is 0. The van der Waals surface area contributed by atoms with Gasteiger partial charge in [0.15, 0.2) is 5.65 Å². The molecule has 0 spiro atoms. The number of carbonyl (C=O) groups excluding carboxylic acids is 1. The first kappa shape index (κ1) is 9.01. The van der Waals surface area contributed by atoms with E-state index in [-0.39, 0.29) is 5.69 Å². The van der Waals surface area contributed by atoms with Gasteiger partial charge in [0.05, 0.1) is 0 Å². The SMILES string of the molecule is CSc1nc(C(N)=O)cn2ccnc12. The Kier molecular flexibility index (Phi) is 2.12. The Balaban J connectivity index is 2.73. The molecule has 0 saturated carbocycles. The number of nitrogens with zero attached hydrogens (tertiary/aromatic N) is 3. The molecule has 2 N–H and O–H groups in total. The lowest BCUT2D eigenvalue weighted by atomic mass is 10.4. The van der Waals surface area contributed by atoms with Gasteiger partial charge in [-0.1, -0.05) is 0 Å². The van der Waals surface area contributed by atoms with Crippen LogP contribution in [-0.2, 0) is 0 Å². The highest BCUT2D eigenvalue weighted by molar-refractivity contribution is 7.98. The number of amides is 1. The van der Waals surface area contributed by atoms with Crippen molar-refractivity contribution in [3.05, 3.63) is 24.3 Å². The molecule has 14 heavy (non-hydrogen) atoms. The zero-order chi connectivity index (χ0) is 10.1. The Morgan fingerprint density at radius 2 is 2.43 bits per heavy atom. The minimum absolute atomic E-state index is 0.250. The fraction of sp³-hybridized carbons (Fsp3) is 0.125. The summed E-state index contributed by atoms with van der Waals surface area (Å²) in [5, 5.41) is 0.700. The van der Waals surface area contributed by atoms with Crippen LogP contribution in [0.5, 0.6) is 0 Å². The van der Waals surface area contributed by atoms with Crippen molar-refractivity contribution in [1.82, 2.24) is 14.4 Å². The predicted molar refractivity (Wildman–Crippen MR) is 53.3 cm³/mol. The van der Waals surface area contributed by atoms with Crippen LogP contribution < -0.4 is 5.73 Å². The lowest BCUT2D eigenvalue weighted by molar-refractivity contribution is 0.0994. The summed E-state index contributed by atoms with van der Waals surface area (Å²) in [6, 6.07) is 0. The Morgan fingerprint density at radius 3 is 3.07 bits per heavy atom. The molecule has 0 radical (unpaired) electrons. The standard InChI is InChI=1S/C8H8N4OS/c1-14-8-7-10-2-3-12(7)4-5(11-8)6(9)13/h2-4H,1H3,(H2,9,13). The summed E-state index contributed by atoms with van der Waals surface area (Å²) in [4.78, 5) is 19.2. The predicted octanol–water partition coefficient (Wildman–Crippen LogP) is 0.550. The van der Waals surface area contributed by atoms with Crippen molar-refractivity contribution in [3.63, 3.8) is 0 Å². The van der Waals surface area contributed by atoms with Crippen LogP contribution in [0.3, 0.4) is 0 Å². The molecule has 0 aliphatic heterocycles. The van der Waals surface area contributed by atoms with Crippen molar-refractivity contribution in [1.29, 1.82) is 0 Å². The third-order valence-electron chi connectivity index (χ3n) is 1.79. The molecule has 5 nitrogen and oxygen atoms in total. The van der Waals surface area contributed by atoms with Gasteiger partial charge in [-0.2, -0.15) is 0 Å². The van der Waals surface area contributed by atoms with Crippen LogP contribution in [0.15, 0.2) is 23.6 Å². The van der Waals surface area contributed by atoms with Crippen LogP contribution in [-0.4, -0.2) is 26.5 Å². The van der Waals surface area contributed by atoms with E-state index in [1.54, 1.807) is 23.0 Å². The fourth-order valence-electron chi connectivity index (χ4n) is 1.16. The second-order valence-corrected chi connectivity index (χ2v) is 3.45. The van der Waals surface area contributed by atoms with E-state index in [0.29, 0.717) is 5.03 Å². The van der Waals surface area contributed by atoms with Gasteiger partial charge in [-0.25, -0.2) is 9.97 Å². The molecule has 6 heteroatoms. The molecule has 0 fully saturated rings. The smallest absolute Gasteiger partial charge is 0.268 e. The van der Waals surface area contributed by atoms with Gasteiger partial charge in [0.1, 0.15) is 10.7 Å². The minimum atomic E-state index is -0.532. The quantitative estimate of drug-likeness (QED) is 0.731. The van der Waals surface area contributed by atoms with E-state index >= 15 is 0 Å². The average Bonchev–Trinajstić information content (AvgIpc) is 2.63. The number of imidazole rings is 1. The number of rotatable bonds is 2. The molecule has 0 saturated heterocycles. The maximum Gasteiger partial charge on any atom is 0.268 e. The monoisotopic (exact) mass is 208 g/mol. The highest BCUT2D eigenvalue weighted by atomic mass is 32.2. The number of thioether (sulfide) groups is 1. The van der Waals surface area contributed by atoms with Crippen LogP contribution in [0.4, 0.5) is 0 Å². The van der Waals surface area contributed by atoms with Crippen molar-refractivity contribution in [3.8, 4) is 0 Å². The molecule has 0 atom stereocenters. The maximum atomic E-state index is 11.0. The summed E-state index contributed by atoms with van der Waals surface area (Å²) in [5.41, 5.74) is 6.14. The molecule has 72 valence electrons. The molecule has 0 unspecified atom stereocenters. The highest BCUT2D eigenvalue weighted by Crippen LogP contribution is 2.17. The first-order valence-corrected chi connectivity index (χ1v) is 5.12. The number of primary amides is 1. The molecular weight excluding hydrogens is 200 g/mol. The third kappa shape index (κ3) is 1.33. The number of hydrogen-bond donors (Lipinski definition) is 1. The lowest BCUT2D eigenvalue weighted by Gasteiger charge is -2.01. The van der Waals surface area contributed by atoms with E-state index in [1.165, 1.54) is 11.8 Å². The second-order valence-electron chi connectivity index (χ2n) is 2.66. The van der Waals surface area contributed by atoms with E-state index in [0.717, 1.165) is 5.65 Å². The maximum absolute atomic E-state index is 11.0. The van der Waals surface area contributed by atoms with Crippen molar-refractivity contribution in [2.24, 2.45) is 5.73 Å². The van der Waals surface area contributed by atoms with Gasteiger partial charge in [-0.3, -0.25) is 4.79 Å². The second kappa shape index (κ2) is 3.30. The summed E-state index contributed by atoms with van der Waals surface area (Å²) in [7, 11) is 0. The van der Waals surface area contributed by atoms with Crippen LogP contribution in [0.25, 0.3) is 5.65 Å². The van der Waals surface area contributed by atoms with Gasteiger partial charge >= 0.3 is 0 Å². The number of fused-ring (bicyclic) bond motifs is 1. The Hall–Kier alpha value is -1.56. The van der Waals surface area contributed by atoms with E-state index in [1.807, 2.05) is 6.26 Å². The van der Waals surface area contributed by atoms with E-state index in [2.05, 4.69) is 9.97 Å². The third-order valence-corrected chi connectivity index (χ3v) is 2.45. The van der Waals surface area contributed by atoms with Gasteiger partial charge in [0, 0.05) is 18.6 Å². The Bertz CT molecular complexity index is 493. The molecule has 2 heterocycles. The zero-order valence-electron chi connectivity index (χ0n) is 7.47. The molecule has 2 aromatic rings. The molecule has 0 aliphatic rings. The number of hydrogen-bond acceptors (Lipinski definition) is 4. The van der Waals surface area contributed by atoms with E-state index in [4.69, 9.17) is 5.73 Å². The normalized spacial score (nSPS) is 10.6. The number of carbonyl (C=O) groups is 1. The summed E-state index contributed by atoms with van der Waals surface area (Å²) < 4.78 is 1.74. The molecule has 0 bridgehead atoms. The topological polar surface area (TPSA) is 73.3 Å². The molecular formula is C8H8N4OS. The first-order valence-electron chi connectivity index (χ1n) is 3.90. The molecule has 0 aliphatic carbocycles. The molecule has 2 rings (SSSR count). The molecule has 0 aromatic carbocycles. The summed E-state index contributed by atoms with van der Waals surface area (Å²) in [5.74, 6) is -0.532. The first-order chi connectivity index (χ1) is 6.72. The number of nitrogens with two attached hydrogens (primary N) is 1. The van der Waals surface area contributed by atoms with Crippen LogP contribution in [0.2, 0.25) is 0 Å². The van der Waals surface area contributed by atoms with Crippen molar-refractivity contribution < 1.29 is 4.79 Å². The summed E-state index contributed by atoms with van der Waals surface area (Å²) in [6.07, 6.45) is 6.86. The van der Waals surface area contributed by atoms with Crippen LogP contribution >= 0.6 is 11.8 Å². The lowest BCUT2D eigenvalue weighted by Crippen LogP contribution is -2.14. The van der Waals surface area contributed by atoms with Crippen LogP contribution in [0, 0.1) is 0 Å². The molecule has 2 aromatic heterocycles. The van der Waals surface area contributed by atoms with Gasteiger partial charge < -0.3 is 10.1 Å². The Morgan fingerprint density at radius 1 is 1.64 bits per heavy atom. The van der Waals surface area contributed by atoms with Crippen molar-refractivity contribution in [2.75, 3.05) is 6.26 Å². The fourth-order valence-corrected chi connectivity index (χ4v) is 1.69. The van der Waals surface area contributed by atoms with E-state index < -0.39 is 5.91 Å². The zero-order valence-corrected chi connectivity index (χ0v) is 8.28. The van der Waals surface area contributed by atoms with Gasteiger partial charge in [0.25, 0.3) is 5.91 Å². The number of aromatic nitrogens is 3. The minimum Gasteiger partial charge on any atom is -0.364 e. The summed E-state index contributed by atoms with van der Waals surface area (Å²) >= 11 is 1.43. The van der Waals surface area contributed by atoms with Gasteiger partial charge in [0.2, 0.25) is 0 Å². The average molecular weight is 208 g/mol. The van der Waals surface area contributed by atoms with Crippen LogP contribution in [0.1, 0.15) is 10.5 Å². The highest BCUT2D eigenvalue weighted by Gasteiger charge is 2.09.